The first-order valence-electron chi connectivity index (χ1n) is 6.88. The summed E-state index contributed by atoms with van der Waals surface area (Å²) >= 11 is 0. The van der Waals surface area contributed by atoms with Crippen LogP contribution in [0.2, 0.25) is 0 Å². The van der Waals surface area contributed by atoms with E-state index >= 15 is 0 Å². The molecule has 0 amide bonds. The van der Waals surface area contributed by atoms with E-state index in [9.17, 15) is 4.79 Å². The monoisotopic (exact) mass is 261 g/mol. The fourth-order valence-corrected chi connectivity index (χ4v) is 3.31. The number of hydrogen-bond acceptors (Lipinski definition) is 3. The molecular formula is C15H19NO3. The number of hydrogen-bond donors (Lipinski definition) is 1. The van der Waals surface area contributed by atoms with Crippen molar-refractivity contribution in [3.63, 3.8) is 0 Å². The minimum absolute atomic E-state index is 0.0997. The third kappa shape index (κ3) is 2.15. The van der Waals surface area contributed by atoms with Crippen molar-refractivity contribution in [2.75, 3.05) is 25.1 Å². The van der Waals surface area contributed by atoms with E-state index < -0.39 is 5.97 Å². The average molecular weight is 261 g/mol. The smallest absolute Gasteiger partial charge is 0.303 e. The van der Waals surface area contributed by atoms with Crippen molar-refractivity contribution in [1.82, 2.24) is 0 Å². The molecule has 1 atom stereocenters. The molecule has 2 heterocycles. The van der Waals surface area contributed by atoms with Crippen LogP contribution in [0.3, 0.4) is 0 Å². The summed E-state index contributed by atoms with van der Waals surface area (Å²) in [6.07, 6.45) is 3.16. The van der Waals surface area contributed by atoms with E-state index in [-0.39, 0.29) is 12.3 Å². The molecule has 0 bridgehead atoms. The van der Waals surface area contributed by atoms with Gasteiger partial charge in [0.25, 0.3) is 0 Å². The summed E-state index contributed by atoms with van der Waals surface area (Å²) in [4.78, 5) is 13.3. The summed E-state index contributed by atoms with van der Waals surface area (Å²) in [7, 11) is 2.10. The zero-order valence-electron chi connectivity index (χ0n) is 11.2. The van der Waals surface area contributed by atoms with Crippen molar-refractivity contribution >= 4 is 11.7 Å². The highest BCUT2D eigenvalue weighted by molar-refractivity contribution is 5.70. The van der Waals surface area contributed by atoms with Gasteiger partial charge in [-0.25, -0.2) is 0 Å². The van der Waals surface area contributed by atoms with E-state index in [4.69, 9.17) is 9.84 Å². The van der Waals surface area contributed by atoms with Gasteiger partial charge in [-0.3, -0.25) is 4.79 Å². The summed E-state index contributed by atoms with van der Waals surface area (Å²) in [5.74, 6) is 0.272. The summed E-state index contributed by atoms with van der Waals surface area (Å²) in [5.41, 5.74) is 3.70. The number of ether oxygens (including phenoxy) is 1. The van der Waals surface area contributed by atoms with Gasteiger partial charge < -0.3 is 14.7 Å². The molecule has 0 spiro atoms. The van der Waals surface area contributed by atoms with Gasteiger partial charge in [-0.1, -0.05) is 0 Å². The van der Waals surface area contributed by atoms with Gasteiger partial charge in [-0.05, 0) is 37.0 Å². The van der Waals surface area contributed by atoms with E-state index in [0.29, 0.717) is 6.61 Å². The standard InChI is InChI=1S/C15H19NO3/c1-16-7-2-3-11-12(16)4-5-13-15(11)10(6-8-19-13)9-14(17)18/h4-5,10H,2-3,6-9H2,1H3,(H,17,18). The second kappa shape index (κ2) is 4.76. The van der Waals surface area contributed by atoms with Gasteiger partial charge in [0.1, 0.15) is 5.75 Å². The molecule has 3 rings (SSSR count). The lowest BCUT2D eigenvalue weighted by Crippen LogP contribution is -2.27. The Morgan fingerprint density at radius 3 is 3.16 bits per heavy atom. The lowest BCUT2D eigenvalue weighted by Gasteiger charge is -2.34. The Kier molecular flexibility index (Phi) is 3.09. The Hall–Kier alpha value is -1.71. The lowest BCUT2D eigenvalue weighted by molar-refractivity contribution is -0.137. The minimum Gasteiger partial charge on any atom is -0.493 e. The van der Waals surface area contributed by atoms with E-state index in [1.807, 2.05) is 6.07 Å². The van der Waals surface area contributed by atoms with Crippen LogP contribution < -0.4 is 9.64 Å². The molecule has 0 saturated heterocycles. The van der Waals surface area contributed by atoms with Crippen molar-refractivity contribution in [3.8, 4) is 5.75 Å². The maximum absolute atomic E-state index is 11.1. The van der Waals surface area contributed by atoms with Crippen molar-refractivity contribution in [1.29, 1.82) is 0 Å². The average Bonchev–Trinajstić information content (AvgIpc) is 2.38. The fraction of sp³-hybridized carbons (Fsp3) is 0.533. The van der Waals surface area contributed by atoms with Gasteiger partial charge in [0.15, 0.2) is 0 Å². The fourth-order valence-electron chi connectivity index (χ4n) is 3.31. The number of rotatable bonds is 2. The van der Waals surface area contributed by atoms with Crippen LogP contribution in [0.15, 0.2) is 12.1 Å². The Morgan fingerprint density at radius 1 is 1.53 bits per heavy atom. The predicted molar refractivity (Wildman–Crippen MR) is 73.1 cm³/mol. The maximum Gasteiger partial charge on any atom is 0.303 e. The highest BCUT2D eigenvalue weighted by Crippen LogP contribution is 2.43. The Bertz CT molecular complexity index is 512. The van der Waals surface area contributed by atoms with Crippen molar-refractivity contribution < 1.29 is 14.6 Å². The number of carboxylic acids is 1. The topological polar surface area (TPSA) is 49.8 Å². The van der Waals surface area contributed by atoms with Crippen molar-refractivity contribution in [2.24, 2.45) is 0 Å². The van der Waals surface area contributed by atoms with E-state index in [0.717, 1.165) is 37.1 Å². The SMILES string of the molecule is CN1CCCc2c1ccc1c2C(CC(=O)O)CCO1. The first-order chi connectivity index (χ1) is 9.16. The minimum atomic E-state index is -0.723. The summed E-state index contributed by atoms with van der Waals surface area (Å²) in [5, 5.41) is 9.10. The van der Waals surface area contributed by atoms with Crippen molar-refractivity contribution in [3.05, 3.63) is 23.3 Å². The van der Waals surface area contributed by atoms with Crippen LogP contribution in [-0.4, -0.2) is 31.3 Å². The number of carboxylic acid groups (broad SMARTS) is 1. The van der Waals surface area contributed by atoms with Crippen LogP contribution in [0, 0.1) is 0 Å². The van der Waals surface area contributed by atoms with Crippen LogP contribution in [0.1, 0.15) is 36.3 Å². The van der Waals surface area contributed by atoms with Crippen LogP contribution in [0.25, 0.3) is 0 Å². The molecule has 2 aliphatic heterocycles. The number of anilines is 1. The Morgan fingerprint density at radius 2 is 2.37 bits per heavy atom. The third-order valence-corrected chi connectivity index (χ3v) is 4.18. The highest BCUT2D eigenvalue weighted by atomic mass is 16.5. The number of carbonyl (C=O) groups is 1. The first-order valence-corrected chi connectivity index (χ1v) is 6.88. The normalized spacial score (nSPS) is 21.3. The second-order valence-electron chi connectivity index (χ2n) is 5.43. The molecule has 0 aliphatic carbocycles. The molecule has 0 aromatic heterocycles. The van der Waals surface area contributed by atoms with Gasteiger partial charge in [0.05, 0.1) is 13.0 Å². The van der Waals surface area contributed by atoms with Crippen LogP contribution in [0.4, 0.5) is 5.69 Å². The van der Waals surface area contributed by atoms with Gasteiger partial charge in [-0.15, -0.1) is 0 Å². The van der Waals surface area contributed by atoms with Crippen molar-refractivity contribution in [2.45, 2.75) is 31.6 Å². The highest BCUT2D eigenvalue weighted by Gasteiger charge is 2.29. The first kappa shape index (κ1) is 12.3. The summed E-state index contributed by atoms with van der Waals surface area (Å²) in [6.45, 7) is 1.69. The molecule has 0 fully saturated rings. The second-order valence-corrected chi connectivity index (χ2v) is 5.43. The third-order valence-electron chi connectivity index (χ3n) is 4.18. The molecule has 102 valence electrons. The van der Waals surface area contributed by atoms with Crippen LogP contribution in [0.5, 0.6) is 5.75 Å². The molecule has 1 aromatic rings. The maximum atomic E-state index is 11.1. The predicted octanol–water partition coefficient (Wildman–Crippen LogP) is 2.41. The van der Waals surface area contributed by atoms with Gasteiger partial charge in [0, 0.05) is 30.8 Å². The van der Waals surface area contributed by atoms with Crippen LogP contribution >= 0.6 is 0 Å². The van der Waals surface area contributed by atoms with Gasteiger partial charge >= 0.3 is 5.97 Å². The molecule has 1 unspecified atom stereocenters. The largest absolute Gasteiger partial charge is 0.493 e. The molecule has 4 nitrogen and oxygen atoms in total. The number of nitrogens with zero attached hydrogens (tertiary/aromatic N) is 1. The van der Waals surface area contributed by atoms with E-state index in [1.165, 1.54) is 11.3 Å². The van der Waals surface area contributed by atoms with Crippen LogP contribution in [-0.2, 0) is 11.2 Å². The summed E-state index contributed by atoms with van der Waals surface area (Å²) < 4.78 is 5.73. The van der Waals surface area contributed by atoms with E-state index in [2.05, 4.69) is 18.0 Å². The molecule has 2 aliphatic rings. The molecular weight excluding hydrogens is 242 g/mol. The zero-order valence-corrected chi connectivity index (χ0v) is 11.2. The zero-order chi connectivity index (χ0) is 13.4. The number of benzene rings is 1. The lowest BCUT2D eigenvalue weighted by atomic mass is 9.83. The molecule has 1 N–H and O–H groups in total. The molecule has 4 heteroatoms. The molecule has 1 aromatic carbocycles. The summed E-state index contributed by atoms with van der Waals surface area (Å²) in [6, 6.07) is 4.11. The Balaban J connectivity index is 2.07. The number of fused-ring (bicyclic) bond motifs is 3. The Labute approximate surface area is 113 Å². The molecule has 19 heavy (non-hydrogen) atoms. The molecule has 0 saturated carbocycles. The van der Waals surface area contributed by atoms with Gasteiger partial charge in [0.2, 0.25) is 0 Å². The van der Waals surface area contributed by atoms with Gasteiger partial charge in [-0.2, -0.15) is 0 Å². The van der Waals surface area contributed by atoms with E-state index in [1.54, 1.807) is 0 Å². The quantitative estimate of drug-likeness (QED) is 0.888. The molecule has 0 radical (unpaired) electrons. The number of aliphatic carboxylic acids is 1.